The van der Waals surface area contributed by atoms with Gasteiger partial charge >= 0.3 is 0 Å². The highest BCUT2D eigenvalue weighted by molar-refractivity contribution is 7.99. The largest absolute Gasteiger partial charge is 0.445 e. The van der Waals surface area contributed by atoms with Crippen molar-refractivity contribution in [3.63, 3.8) is 0 Å². The normalized spacial score (nSPS) is 15.1. The predicted octanol–water partition coefficient (Wildman–Crippen LogP) is 3.56. The summed E-state index contributed by atoms with van der Waals surface area (Å²) in [5.41, 5.74) is 2.29. The molecule has 148 valence electrons. The first-order valence-corrected chi connectivity index (χ1v) is 10.1. The van der Waals surface area contributed by atoms with E-state index in [1.54, 1.807) is 18.3 Å². The van der Waals surface area contributed by atoms with Crippen LogP contribution in [0.1, 0.15) is 37.5 Å². The molecule has 29 heavy (non-hydrogen) atoms. The monoisotopic (exact) mass is 409 g/mol. The minimum Gasteiger partial charge on any atom is -0.445 e. The van der Waals surface area contributed by atoms with Crippen LogP contribution in [0.3, 0.4) is 0 Å². The second-order valence-electron chi connectivity index (χ2n) is 6.38. The van der Waals surface area contributed by atoms with Gasteiger partial charge in [0, 0.05) is 25.6 Å². The van der Waals surface area contributed by atoms with Gasteiger partial charge in [0.05, 0.1) is 11.4 Å². The van der Waals surface area contributed by atoms with E-state index >= 15 is 0 Å². The summed E-state index contributed by atoms with van der Waals surface area (Å²) in [6.07, 6.45) is 0.762. The zero-order chi connectivity index (χ0) is 20.5. The van der Waals surface area contributed by atoms with Gasteiger partial charge in [-0.3, -0.25) is 19.1 Å². The maximum absolute atomic E-state index is 12.7. The number of para-hydroxylation sites is 1. The lowest BCUT2D eigenvalue weighted by Gasteiger charge is -2.30. The van der Waals surface area contributed by atoms with E-state index in [9.17, 15) is 9.59 Å². The number of nitrogens with zero attached hydrogens (tertiary/aromatic N) is 5. The van der Waals surface area contributed by atoms with Gasteiger partial charge in [-0.15, -0.1) is 10.2 Å². The first-order chi connectivity index (χ1) is 14.0. The van der Waals surface area contributed by atoms with Crippen LogP contribution < -0.4 is 9.64 Å². The van der Waals surface area contributed by atoms with Crippen molar-refractivity contribution in [2.45, 2.75) is 32.2 Å². The van der Waals surface area contributed by atoms with Crippen LogP contribution in [0.25, 0.3) is 11.3 Å². The number of hydrogen-bond donors (Lipinski definition) is 0. The van der Waals surface area contributed by atoms with Crippen molar-refractivity contribution in [2.24, 2.45) is 0 Å². The van der Waals surface area contributed by atoms with E-state index in [-0.39, 0.29) is 17.7 Å². The second-order valence-corrected chi connectivity index (χ2v) is 7.61. The molecular formula is C20H19N5O3S. The van der Waals surface area contributed by atoms with Crippen molar-refractivity contribution >= 4 is 29.3 Å². The molecule has 0 radical (unpaired) electrons. The third-order valence-electron chi connectivity index (χ3n) is 4.50. The van der Waals surface area contributed by atoms with Crippen molar-refractivity contribution < 1.29 is 14.3 Å². The lowest BCUT2D eigenvalue weighted by atomic mass is 10.1. The molecule has 1 aliphatic heterocycles. The van der Waals surface area contributed by atoms with Crippen LogP contribution in [-0.2, 0) is 4.79 Å². The smallest absolute Gasteiger partial charge is 0.247 e. The molecule has 1 amide bonds. The van der Waals surface area contributed by atoms with Crippen LogP contribution in [-0.4, -0.2) is 37.3 Å². The van der Waals surface area contributed by atoms with E-state index < -0.39 is 6.23 Å². The van der Waals surface area contributed by atoms with Crippen molar-refractivity contribution in [2.75, 3.05) is 10.7 Å². The Morgan fingerprint density at radius 3 is 2.62 bits per heavy atom. The van der Waals surface area contributed by atoms with Crippen molar-refractivity contribution in [1.29, 1.82) is 0 Å². The molecule has 0 bridgehead atoms. The minimum absolute atomic E-state index is 0.183. The topological polar surface area (TPSA) is 90.2 Å². The molecule has 0 unspecified atom stereocenters. The number of aromatic nitrogens is 4. The lowest BCUT2D eigenvalue weighted by Crippen LogP contribution is -2.37. The molecule has 4 rings (SSSR count). The highest BCUT2D eigenvalue weighted by Gasteiger charge is 2.36. The summed E-state index contributed by atoms with van der Waals surface area (Å²) in [6.45, 7) is 4.91. The third-order valence-corrected chi connectivity index (χ3v) is 5.22. The molecular weight excluding hydrogens is 390 g/mol. The molecule has 1 aliphatic rings. The number of thioether (sulfide) groups is 1. The average molecular weight is 409 g/mol. The SMILES string of the molecule is CCSc1nnc2c(n1)O[C@H](c1cccn1C(C)=O)N(C(C)=O)c1ccccc1-2. The Balaban J connectivity index is 1.97. The van der Waals surface area contributed by atoms with Gasteiger partial charge in [-0.2, -0.15) is 4.98 Å². The zero-order valence-electron chi connectivity index (χ0n) is 16.2. The van der Waals surface area contributed by atoms with E-state index in [0.717, 1.165) is 5.75 Å². The molecule has 3 heterocycles. The molecule has 0 saturated heterocycles. The first kappa shape index (κ1) is 19.1. The minimum atomic E-state index is -0.884. The van der Waals surface area contributed by atoms with Gasteiger partial charge in [0.1, 0.15) is 0 Å². The Bertz CT molecular complexity index is 1100. The van der Waals surface area contributed by atoms with Gasteiger partial charge in [-0.1, -0.05) is 36.9 Å². The molecule has 9 heteroatoms. The summed E-state index contributed by atoms with van der Waals surface area (Å²) in [7, 11) is 0. The van der Waals surface area contributed by atoms with E-state index in [4.69, 9.17) is 4.74 Å². The van der Waals surface area contributed by atoms with Crippen LogP contribution in [0.2, 0.25) is 0 Å². The average Bonchev–Trinajstić information content (AvgIpc) is 3.13. The quantitative estimate of drug-likeness (QED) is 0.611. The Labute approximate surface area is 171 Å². The molecule has 1 atom stereocenters. The predicted molar refractivity (Wildman–Crippen MR) is 109 cm³/mol. The fourth-order valence-corrected chi connectivity index (χ4v) is 3.82. The highest BCUT2D eigenvalue weighted by Crippen LogP contribution is 2.43. The molecule has 0 N–H and O–H groups in total. The maximum Gasteiger partial charge on any atom is 0.247 e. The van der Waals surface area contributed by atoms with E-state index in [0.29, 0.717) is 27.8 Å². The van der Waals surface area contributed by atoms with E-state index in [2.05, 4.69) is 15.2 Å². The number of fused-ring (bicyclic) bond motifs is 3. The van der Waals surface area contributed by atoms with E-state index in [1.807, 2.05) is 31.2 Å². The molecule has 1 aromatic carbocycles. The molecule has 0 saturated carbocycles. The van der Waals surface area contributed by atoms with Crippen LogP contribution in [0.15, 0.2) is 47.8 Å². The third kappa shape index (κ3) is 3.38. The summed E-state index contributed by atoms with van der Waals surface area (Å²) in [4.78, 5) is 30.9. The molecule has 3 aromatic rings. The van der Waals surface area contributed by atoms with Crippen molar-refractivity contribution in [1.82, 2.24) is 19.7 Å². The standard InChI is InChI=1S/C20H19N5O3S/c1-4-29-20-21-18-17(22-23-20)14-8-5-6-9-15(14)25(13(3)27)19(28-18)16-10-7-11-24(16)12(2)26/h5-11,19H,4H2,1-3H3/t19-/m1/s1. The maximum atomic E-state index is 12.7. The molecule has 0 fully saturated rings. The molecule has 8 nitrogen and oxygen atoms in total. The Morgan fingerprint density at radius 2 is 1.90 bits per heavy atom. The number of carbonyl (C=O) groups excluding carboxylic acids is 2. The number of anilines is 1. The number of rotatable bonds is 3. The fourth-order valence-electron chi connectivity index (χ4n) is 3.32. The fraction of sp³-hybridized carbons (Fsp3) is 0.250. The molecule has 0 aliphatic carbocycles. The molecule has 0 spiro atoms. The van der Waals surface area contributed by atoms with Crippen LogP contribution in [0.5, 0.6) is 5.88 Å². The second kappa shape index (κ2) is 7.67. The van der Waals surface area contributed by atoms with Gasteiger partial charge < -0.3 is 4.74 Å². The van der Waals surface area contributed by atoms with Gasteiger partial charge in [0.25, 0.3) is 0 Å². The lowest BCUT2D eigenvalue weighted by molar-refractivity contribution is -0.118. The number of carbonyl (C=O) groups is 2. The van der Waals surface area contributed by atoms with Gasteiger partial charge in [0.15, 0.2) is 5.69 Å². The van der Waals surface area contributed by atoms with Gasteiger partial charge in [0.2, 0.25) is 29.1 Å². The Morgan fingerprint density at radius 1 is 1.10 bits per heavy atom. The van der Waals surface area contributed by atoms with Crippen LogP contribution in [0, 0.1) is 0 Å². The van der Waals surface area contributed by atoms with Gasteiger partial charge in [-0.25, -0.2) is 0 Å². The summed E-state index contributed by atoms with van der Waals surface area (Å²) >= 11 is 1.45. The number of ether oxygens (including phenoxy) is 1. The Hall–Kier alpha value is -3.20. The van der Waals surface area contributed by atoms with Crippen molar-refractivity contribution in [3.8, 4) is 17.1 Å². The van der Waals surface area contributed by atoms with Gasteiger partial charge in [-0.05, 0) is 24.0 Å². The Kier molecular flexibility index (Phi) is 5.06. The summed E-state index contributed by atoms with van der Waals surface area (Å²) in [6, 6.07) is 10.9. The van der Waals surface area contributed by atoms with Crippen LogP contribution >= 0.6 is 11.8 Å². The van der Waals surface area contributed by atoms with Crippen LogP contribution in [0.4, 0.5) is 5.69 Å². The molecule has 2 aromatic heterocycles. The van der Waals surface area contributed by atoms with Crippen molar-refractivity contribution in [3.05, 3.63) is 48.3 Å². The summed E-state index contributed by atoms with van der Waals surface area (Å²) in [5.74, 6) is 0.641. The number of amides is 1. The number of benzene rings is 1. The summed E-state index contributed by atoms with van der Waals surface area (Å²) < 4.78 is 7.70. The first-order valence-electron chi connectivity index (χ1n) is 9.12. The summed E-state index contributed by atoms with van der Waals surface area (Å²) in [5, 5.41) is 9.01. The van der Waals surface area contributed by atoms with E-state index in [1.165, 1.54) is 35.1 Å². The zero-order valence-corrected chi connectivity index (χ0v) is 17.0. The highest BCUT2D eigenvalue weighted by atomic mass is 32.2. The number of hydrogen-bond acceptors (Lipinski definition) is 7.